The molecule has 1 heterocycles. The molecule has 0 fully saturated rings. The third-order valence-electron chi connectivity index (χ3n) is 5.31. The van der Waals surface area contributed by atoms with Gasteiger partial charge in [0, 0.05) is 18.3 Å². The van der Waals surface area contributed by atoms with Crippen molar-refractivity contribution in [1.82, 2.24) is 4.90 Å². The van der Waals surface area contributed by atoms with Gasteiger partial charge < -0.3 is 4.90 Å². The van der Waals surface area contributed by atoms with Gasteiger partial charge >= 0.3 is 0 Å². The summed E-state index contributed by atoms with van der Waals surface area (Å²) in [4.78, 5) is 2.47. The molecule has 0 aromatic heterocycles. The number of hydrogen-bond acceptors (Lipinski definition) is 1. The molecule has 2 unspecified atom stereocenters. The minimum Gasteiger partial charge on any atom is -0.369 e. The van der Waals surface area contributed by atoms with E-state index in [9.17, 15) is 0 Å². The van der Waals surface area contributed by atoms with E-state index in [0.29, 0.717) is 17.9 Å². The van der Waals surface area contributed by atoms with Gasteiger partial charge in [-0.15, -0.1) is 0 Å². The molecular formula is C23H33N. The van der Waals surface area contributed by atoms with E-state index in [4.69, 9.17) is 0 Å². The average molecular weight is 324 g/mol. The lowest BCUT2D eigenvalue weighted by molar-refractivity contribution is 0.236. The molecular weight excluding hydrogens is 290 g/mol. The maximum Gasteiger partial charge on any atom is 0.0324 e. The number of rotatable bonds is 6. The molecule has 0 aromatic rings. The summed E-state index contributed by atoms with van der Waals surface area (Å²) in [5, 5.41) is 0. The van der Waals surface area contributed by atoms with Gasteiger partial charge in [0.2, 0.25) is 0 Å². The Kier molecular flexibility index (Phi) is 7.36. The molecule has 0 bridgehead atoms. The highest BCUT2D eigenvalue weighted by atomic mass is 15.2. The molecule has 0 radical (unpaired) electrons. The van der Waals surface area contributed by atoms with E-state index in [-0.39, 0.29) is 0 Å². The van der Waals surface area contributed by atoms with Crippen LogP contribution in [0.2, 0.25) is 0 Å². The van der Waals surface area contributed by atoms with Crippen LogP contribution in [0.4, 0.5) is 0 Å². The molecule has 24 heavy (non-hydrogen) atoms. The Balaban J connectivity index is 2.01. The van der Waals surface area contributed by atoms with Crippen molar-refractivity contribution in [2.75, 3.05) is 6.54 Å². The fourth-order valence-electron chi connectivity index (χ4n) is 3.78. The molecule has 130 valence electrons. The van der Waals surface area contributed by atoms with Gasteiger partial charge in [0.25, 0.3) is 0 Å². The van der Waals surface area contributed by atoms with Crippen LogP contribution in [0, 0.1) is 11.8 Å². The molecule has 1 aliphatic heterocycles. The van der Waals surface area contributed by atoms with Crippen LogP contribution in [0.1, 0.15) is 46.5 Å². The smallest absolute Gasteiger partial charge is 0.0324 e. The molecule has 1 aliphatic carbocycles. The van der Waals surface area contributed by atoms with Crippen molar-refractivity contribution in [3.8, 4) is 0 Å². The summed E-state index contributed by atoms with van der Waals surface area (Å²) < 4.78 is 0. The first-order valence-corrected chi connectivity index (χ1v) is 9.47. The van der Waals surface area contributed by atoms with Crippen LogP contribution in [0.25, 0.3) is 0 Å². The Morgan fingerprint density at radius 2 is 2.00 bits per heavy atom. The topological polar surface area (TPSA) is 3.24 Å². The van der Waals surface area contributed by atoms with Gasteiger partial charge in [-0.2, -0.15) is 0 Å². The zero-order valence-electron chi connectivity index (χ0n) is 15.6. The molecule has 0 saturated carbocycles. The van der Waals surface area contributed by atoms with E-state index >= 15 is 0 Å². The molecule has 0 aromatic carbocycles. The minimum absolute atomic E-state index is 0.561. The standard InChI is InChI=1S/C23H33N/c1-5-21(22-13-10-11-19(3)15-16-22)17-18-23-14-9-7-8-12-20(4)24(23)6-2/h7-13,15-16,21-23H,4-6,14,17-18H2,1-3H3/b9-7-,12-8-/t21-,22?,23?/m0/s1. The Morgan fingerprint density at radius 1 is 1.17 bits per heavy atom. The van der Waals surface area contributed by atoms with Crippen molar-refractivity contribution in [2.45, 2.75) is 52.5 Å². The van der Waals surface area contributed by atoms with Crippen molar-refractivity contribution < 1.29 is 0 Å². The maximum absolute atomic E-state index is 4.25. The van der Waals surface area contributed by atoms with Crippen molar-refractivity contribution >= 4 is 0 Å². The van der Waals surface area contributed by atoms with Crippen molar-refractivity contribution in [1.29, 1.82) is 0 Å². The molecule has 0 amide bonds. The highest BCUT2D eigenvalue weighted by molar-refractivity contribution is 5.27. The Morgan fingerprint density at radius 3 is 2.75 bits per heavy atom. The second-order valence-corrected chi connectivity index (χ2v) is 6.93. The van der Waals surface area contributed by atoms with Crippen LogP contribution < -0.4 is 0 Å². The van der Waals surface area contributed by atoms with E-state index in [1.165, 1.54) is 24.8 Å². The molecule has 3 atom stereocenters. The largest absolute Gasteiger partial charge is 0.369 e. The summed E-state index contributed by atoms with van der Waals surface area (Å²) >= 11 is 0. The highest BCUT2D eigenvalue weighted by Gasteiger charge is 2.21. The first kappa shape index (κ1) is 18.6. The fourth-order valence-corrected chi connectivity index (χ4v) is 3.78. The van der Waals surface area contributed by atoms with Gasteiger partial charge in [-0.25, -0.2) is 0 Å². The lowest BCUT2D eigenvalue weighted by Gasteiger charge is -2.34. The van der Waals surface area contributed by atoms with E-state index < -0.39 is 0 Å². The lowest BCUT2D eigenvalue weighted by atomic mass is 9.84. The number of allylic oxidation sites excluding steroid dienone is 9. The summed E-state index contributed by atoms with van der Waals surface area (Å²) in [6.45, 7) is 12.0. The van der Waals surface area contributed by atoms with Crippen molar-refractivity contribution in [3.63, 3.8) is 0 Å². The third kappa shape index (κ3) is 5.12. The molecule has 2 rings (SSSR count). The molecule has 2 aliphatic rings. The summed E-state index contributed by atoms with van der Waals surface area (Å²) in [6.07, 6.45) is 25.0. The van der Waals surface area contributed by atoms with Crippen LogP contribution in [-0.2, 0) is 0 Å². The summed E-state index contributed by atoms with van der Waals surface area (Å²) in [7, 11) is 0. The minimum atomic E-state index is 0.561. The molecule has 0 saturated heterocycles. The first-order valence-electron chi connectivity index (χ1n) is 9.47. The molecule has 1 nitrogen and oxygen atoms in total. The predicted molar refractivity (Wildman–Crippen MR) is 107 cm³/mol. The van der Waals surface area contributed by atoms with Gasteiger partial charge in [-0.3, -0.25) is 0 Å². The zero-order valence-corrected chi connectivity index (χ0v) is 15.6. The monoisotopic (exact) mass is 323 g/mol. The van der Waals surface area contributed by atoms with Crippen molar-refractivity contribution in [3.05, 3.63) is 72.5 Å². The fraction of sp³-hybridized carbons (Fsp3) is 0.478. The van der Waals surface area contributed by atoms with E-state index in [1.807, 2.05) is 0 Å². The van der Waals surface area contributed by atoms with E-state index in [0.717, 1.165) is 18.7 Å². The number of hydrogen-bond donors (Lipinski definition) is 0. The second kappa shape index (κ2) is 9.52. The van der Waals surface area contributed by atoms with Crippen LogP contribution in [0.5, 0.6) is 0 Å². The average Bonchev–Trinajstić information content (AvgIpc) is 2.78. The van der Waals surface area contributed by atoms with E-state index in [1.54, 1.807) is 0 Å². The Bertz CT molecular complexity index is 559. The second-order valence-electron chi connectivity index (χ2n) is 6.93. The summed E-state index contributed by atoms with van der Waals surface area (Å²) in [6, 6.07) is 0.566. The van der Waals surface area contributed by atoms with Gasteiger partial charge in [0.05, 0.1) is 0 Å². The Labute approximate surface area is 148 Å². The van der Waals surface area contributed by atoms with Crippen LogP contribution >= 0.6 is 0 Å². The molecule has 0 N–H and O–H groups in total. The zero-order chi connectivity index (χ0) is 17.4. The van der Waals surface area contributed by atoms with E-state index in [2.05, 4.69) is 86.9 Å². The van der Waals surface area contributed by atoms with Gasteiger partial charge in [-0.05, 0) is 51.0 Å². The maximum atomic E-state index is 4.25. The first-order chi connectivity index (χ1) is 11.7. The third-order valence-corrected chi connectivity index (χ3v) is 5.31. The van der Waals surface area contributed by atoms with Crippen LogP contribution in [0.15, 0.2) is 72.5 Å². The SMILES string of the molecule is C=C1/C=C\C=C/CC(CC[C@H](CC)C2C=CC=C(C)C=C2)N1CC. The normalized spacial score (nSPS) is 27.9. The molecule has 0 spiro atoms. The van der Waals surface area contributed by atoms with Gasteiger partial charge in [-0.1, -0.05) is 74.1 Å². The summed E-state index contributed by atoms with van der Waals surface area (Å²) in [5.74, 6) is 1.28. The lowest BCUT2D eigenvalue weighted by Crippen LogP contribution is -2.34. The van der Waals surface area contributed by atoms with Gasteiger partial charge in [0.1, 0.15) is 0 Å². The van der Waals surface area contributed by atoms with Gasteiger partial charge in [0.15, 0.2) is 0 Å². The molecule has 1 heteroatoms. The van der Waals surface area contributed by atoms with Crippen LogP contribution in [-0.4, -0.2) is 17.5 Å². The van der Waals surface area contributed by atoms with Crippen LogP contribution in [0.3, 0.4) is 0 Å². The number of likely N-dealkylation sites (N-methyl/N-ethyl adjacent to an activating group) is 1. The quantitative estimate of drug-likeness (QED) is 0.562. The predicted octanol–water partition coefficient (Wildman–Crippen LogP) is 6.20. The Hall–Kier alpha value is -1.76. The number of nitrogens with zero attached hydrogens (tertiary/aromatic N) is 1. The summed E-state index contributed by atoms with van der Waals surface area (Å²) in [5.41, 5.74) is 2.49. The highest BCUT2D eigenvalue weighted by Crippen LogP contribution is 2.29. The van der Waals surface area contributed by atoms with Crippen molar-refractivity contribution in [2.24, 2.45) is 11.8 Å².